The smallest absolute Gasteiger partial charge is 0.272 e. The Kier molecular flexibility index (Phi) is 3.33. The first-order valence-corrected chi connectivity index (χ1v) is 6.51. The lowest BCUT2D eigenvalue weighted by Crippen LogP contribution is -2.30. The number of hydrogen-bond acceptors (Lipinski definition) is 2. The van der Waals surface area contributed by atoms with Gasteiger partial charge in [0.1, 0.15) is 5.69 Å². The Morgan fingerprint density at radius 1 is 1.69 bits per heavy atom. The summed E-state index contributed by atoms with van der Waals surface area (Å²) in [5, 5.41) is 4.30. The molecule has 4 nitrogen and oxygen atoms in total. The highest BCUT2D eigenvalue weighted by Gasteiger charge is 2.27. The van der Waals surface area contributed by atoms with E-state index >= 15 is 0 Å². The van der Waals surface area contributed by atoms with Gasteiger partial charge in [0.25, 0.3) is 5.91 Å². The minimum Gasteiger partial charge on any atom is -0.336 e. The zero-order valence-electron chi connectivity index (χ0n) is 9.61. The summed E-state index contributed by atoms with van der Waals surface area (Å²) in [5.41, 5.74) is 1.61. The van der Waals surface area contributed by atoms with Crippen LogP contribution in [0.15, 0.2) is 6.07 Å². The zero-order chi connectivity index (χ0) is 11.7. The van der Waals surface area contributed by atoms with Crippen LogP contribution in [0.1, 0.15) is 29.5 Å². The second kappa shape index (κ2) is 4.57. The van der Waals surface area contributed by atoms with Crippen LogP contribution in [0.3, 0.4) is 0 Å². The van der Waals surface area contributed by atoms with Crippen molar-refractivity contribution >= 4 is 21.8 Å². The second-order valence-corrected chi connectivity index (χ2v) is 5.42. The van der Waals surface area contributed by atoms with E-state index < -0.39 is 0 Å². The average Bonchev–Trinajstić information content (AvgIpc) is 2.83. The van der Waals surface area contributed by atoms with E-state index in [-0.39, 0.29) is 5.91 Å². The third kappa shape index (κ3) is 2.14. The normalized spacial score (nSPS) is 20.4. The van der Waals surface area contributed by atoms with E-state index in [1.165, 1.54) is 0 Å². The van der Waals surface area contributed by atoms with Crippen molar-refractivity contribution in [3.05, 3.63) is 17.5 Å². The van der Waals surface area contributed by atoms with Gasteiger partial charge >= 0.3 is 0 Å². The van der Waals surface area contributed by atoms with Gasteiger partial charge in [0, 0.05) is 24.5 Å². The third-order valence-corrected chi connectivity index (χ3v) is 3.59. The number of carbonyl (C=O) groups excluding carboxylic acids is 1. The van der Waals surface area contributed by atoms with Crippen molar-refractivity contribution in [3.8, 4) is 0 Å². The highest BCUT2D eigenvalue weighted by Crippen LogP contribution is 2.19. The maximum atomic E-state index is 12.2. The van der Waals surface area contributed by atoms with Gasteiger partial charge in [0.2, 0.25) is 0 Å². The van der Waals surface area contributed by atoms with Gasteiger partial charge in [0.15, 0.2) is 0 Å². The van der Waals surface area contributed by atoms with Crippen LogP contribution < -0.4 is 0 Å². The van der Waals surface area contributed by atoms with Crippen molar-refractivity contribution in [3.63, 3.8) is 0 Å². The van der Waals surface area contributed by atoms with E-state index in [0.29, 0.717) is 10.5 Å². The van der Waals surface area contributed by atoms with Crippen molar-refractivity contribution < 1.29 is 4.79 Å². The van der Waals surface area contributed by atoms with Crippen LogP contribution in [0.25, 0.3) is 0 Å². The largest absolute Gasteiger partial charge is 0.336 e. The molecule has 0 aliphatic carbocycles. The molecule has 0 aromatic carbocycles. The number of amides is 1. The van der Waals surface area contributed by atoms with Crippen LogP contribution in [0, 0.1) is 6.92 Å². The molecule has 88 valence electrons. The lowest BCUT2D eigenvalue weighted by molar-refractivity contribution is 0.0781. The van der Waals surface area contributed by atoms with Crippen molar-refractivity contribution in [1.82, 2.24) is 14.7 Å². The number of carbonyl (C=O) groups is 1. The summed E-state index contributed by atoms with van der Waals surface area (Å²) >= 11 is 3.54. The predicted octanol–water partition coefficient (Wildman–Crippen LogP) is 1.82. The minimum absolute atomic E-state index is 0.101. The molecule has 1 amide bonds. The minimum atomic E-state index is 0.101. The maximum Gasteiger partial charge on any atom is 0.272 e. The third-order valence-electron chi connectivity index (χ3n) is 2.84. The Morgan fingerprint density at radius 3 is 3.00 bits per heavy atom. The molecule has 1 fully saturated rings. The van der Waals surface area contributed by atoms with Gasteiger partial charge in [-0.2, -0.15) is 5.10 Å². The molecule has 0 radical (unpaired) electrons. The highest BCUT2D eigenvalue weighted by atomic mass is 79.9. The number of halogens is 1. The Hall–Kier alpha value is -0.840. The van der Waals surface area contributed by atoms with Crippen LogP contribution >= 0.6 is 15.9 Å². The first kappa shape index (κ1) is 11.6. The molecule has 0 N–H and O–H groups in total. The molecule has 1 aliphatic heterocycles. The lowest BCUT2D eigenvalue weighted by Gasteiger charge is -2.15. The Labute approximate surface area is 104 Å². The van der Waals surface area contributed by atoms with Gasteiger partial charge in [0.05, 0.1) is 5.69 Å². The topological polar surface area (TPSA) is 38.1 Å². The van der Waals surface area contributed by atoms with Crippen LogP contribution in [0.4, 0.5) is 0 Å². The van der Waals surface area contributed by atoms with E-state index in [0.717, 1.165) is 31.7 Å². The van der Waals surface area contributed by atoms with Crippen molar-refractivity contribution in [2.45, 2.75) is 31.6 Å². The molecule has 0 saturated carbocycles. The van der Waals surface area contributed by atoms with Gasteiger partial charge < -0.3 is 4.90 Å². The average molecular weight is 286 g/mol. The van der Waals surface area contributed by atoms with Crippen molar-refractivity contribution in [2.75, 3.05) is 13.1 Å². The number of aryl methyl sites for hydroxylation is 2. The summed E-state index contributed by atoms with van der Waals surface area (Å²) in [7, 11) is 0. The molecule has 16 heavy (non-hydrogen) atoms. The molecule has 1 aromatic heterocycles. The molecule has 1 unspecified atom stereocenters. The summed E-state index contributed by atoms with van der Waals surface area (Å²) in [6.07, 6.45) is 1.03. The van der Waals surface area contributed by atoms with Gasteiger partial charge in [-0.3, -0.25) is 9.48 Å². The summed E-state index contributed by atoms with van der Waals surface area (Å²) in [4.78, 5) is 14.6. The van der Waals surface area contributed by atoms with E-state index in [2.05, 4.69) is 21.0 Å². The molecule has 1 aromatic rings. The van der Waals surface area contributed by atoms with E-state index in [1.807, 2.05) is 24.8 Å². The van der Waals surface area contributed by atoms with Gasteiger partial charge in [-0.25, -0.2) is 0 Å². The fourth-order valence-corrected chi connectivity index (χ4v) is 2.58. The lowest BCUT2D eigenvalue weighted by atomic mass is 10.3. The predicted molar refractivity (Wildman–Crippen MR) is 65.9 cm³/mol. The Balaban J connectivity index is 2.20. The summed E-state index contributed by atoms with van der Waals surface area (Å²) < 4.78 is 1.78. The number of aromatic nitrogens is 2. The van der Waals surface area contributed by atoms with Crippen LogP contribution in [0.2, 0.25) is 0 Å². The van der Waals surface area contributed by atoms with E-state index in [9.17, 15) is 4.79 Å². The molecule has 1 atom stereocenters. The molecular formula is C11H16BrN3O. The molecule has 0 spiro atoms. The fraction of sp³-hybridized carbons (Fsp3) is 0.636. The Bertz CT molecular complexity index is 402. The molecule has 1 saturated heterocycles. The maximum absolute atomic E-state index is 12.2. The van der Waals surface area contributed by atoms with Gasteiger partial charge in [-0.15, -0.1) is 0 Å². The fourth-order valence-electron chi connectivity index (χ4n) is 2.02. The second-order valence-electron chi connectivity index (χ2n) is 4.12. The number of hydrogen-bond donors (Lipinski definition) is 0. The van der Waals surface area contributed by atoms with Gasteiger partial charge in [-0.05, 0) is 26.3 Å². The number of rotatable bonds is 2. The van der Waals surface area contributed by atoms with Crippen molar-refractivity contribution in [1.29, 1.82) is 0 Å². The van der Waals surface area contributed by atoms with E-state index in [4.69, 9.17) is 0 Å². The molecular weight excluding hydrogens is 270 g/mol. The van der Waals surface area contributed by atoms with Crippen LogP contribution in [-0.4, -0.2) is 38.5 Å². The highest BCUT2D eigenvalue weighted by molar-refractivity contribution is 9.09. The summed E-state index contributed by atoms with van der Waals surface area (Å²) in [6.45, 7) is 6.29. The van der Waals surface area contributed by atoms with Gasteiger partial charge in [-0.1, -0.05) is 15.9 Å². The Morgan fingerprint density at radius 2 is 2.44 bits per heavy atom. The van der Waals surface area contributed by atoms with Crippen molar-refractivity contribution in [2.24, 2.45) is 0 Å². The first-order chi connectivity index (χ1) is 7.61. The zero-order valence-corrected chi connectivity index (χ0v) is 11.2. The monoisotopic (exact) mass is 285 g/mol. The molecule has 1 aliphatic rings. The van der Waals surface area contributed by atoms with Crippen LogP contribution in [-0.2, 0) is 6.54 Å². The molecule has 5 heteroatoms. The standard InChI is InChI=1S/C11H16BrN3O/c1-3-15-10(6-8(2)13-15)11(16)14-5-4-9(12)7-14/h6,9H,3-5,7H2,1-2H3. The SMILES string of the molecule is CCn1nc(C)cc1C(=O)N1CCC(Br)C1. The number of nitrogens with zero attached hydrogens (tertiary/aromatic N) is 3. The molecule has 2 heterocycles. The summed E-state index contributed by atoms with van der Waals surface area (Å²) in [5.74, 6) is 0.101. The molecule has 0 bridgehead atoms. The number of likely N-dealkylation sites (tertiary alicyclic amines) is 1. The molecule has 2 rings (SSSR count). The first-order valence-electron chi connectivity index (χ1n) is 5.59. The van der Waals surface area contributed by atoms with Crippen LogP contribution in [0.5, 0.6) is 0 Å². The quantitative estimate of drug-likeness (QED) is 0.778. The van der Waals surface area contributed by atoms with E-state index in [1.54, 1.807) is 4.68 Å². The summed E-state index contributed by atoms with van der Waals surface area (Å²) in [6, 6.07) is 1.87. The number of alkyl halides is 1.